The smallest absolute Gasteiger partial charge is 0.407 e. The van der Waals surface area contributed by atoms with Crippen molar-refractivity contribution in [1.29, 1.82) is 0 Å². The monoisotopic (exact) mass is 254 g/mol. The van der Waals surface area contributed by atoms with E-state index in [1.807, 2.05) is 0 Å². The number of methoxy groups -OCH3 is 1. The van der Waals surface area contributed by atoms with Crippen molar-refractivity contribution >= 4 is 12.2 Å². The third-order valence-corrected chi connectivity index (χ3v) is 2.12. The van der Waals surface area contributed by atoms with Gasteiger partial charge in [0.25, 0.3) is 0 Å². The molecule has 0 saturated heterocycles. The van der Waals surface area contributed by atoms with Crippen LogP contribution in [0.2, 0.25) is 0 Å². The summed E-state index contributed by atoms with van der Waals surface area (Å²) in [6, 6.07) is 2.88. The van der Waals surface area contributed by atoms with Crippen molar-refractivity contribution in [2.45, 2.75) is 12.5 Å². The molecule has 1 heterocycles. The topological polar surface area (TPSA) is 94.6 Å². The summed E-state index contributed by atoms with van der Waals surface area (Å²) in [5.74, 6) is 0.646. The molecule has 0 aliphatic rings. The zero-order valence-electron chi connectivity index (χ0n) is 9.87. The molecule has 0 unspecified atom stereocenters. The molecule has 98 valence electrons. The first-order valence-electron chi connectivity index (χ1n) is 5.28. The molecule has 1 atom stereocenters. The van der Waals surface area contributed by atoms with Gasteiger partial charge in [-0.1, -0.05) is 6.08 Å². The molecule has 0 saturated carbocycles. The van der Waals surface area contributed by atoms with Crippen LogP contribution in [0.15, 0.2) is 28.9 Å². The lowest BCUT2D eigenvalue weighted by Gasteiger charge is -2.11. The summed E-state index contributed by atoms with van der Waals surface area (Å²) in [6.45, 7) is -0.363. The number of furan rings is 1. The van der Waals surface area contributed by atoms with Gasteiger partial charge >= 0.3 is 6.09 Å². The fourth-order valence-corrected chi connectivity index (χ4v) is 1.32. The summed E-state index contributed by atoms with van der Waals surface area (Å²) in [5.41, 5.74) is 0. The van der Waals surface area contributed by atoms with E-state index in [4.69, 9.17) is 4.42 Å². The van der Waals surface area contributed by atoms with Crippen molar-refractivity contribution in [2.24, 2.45) is 0 Å². The maximum Gasteiger partial charge on any atom is 0.407 e. The molecule has 1 amide bonds. The van der Waals surface area contributed by atoms with Gasteiger partial charge in [0, 0.05) is 4.92 Å². The molecule has 1 rings (SSSR count). The lowest BCUT2D eigenvalue weighted by Crippen LogP contribution is -2.39. The van der Waals surface area contributed by atoms with Gasteiger partial charge in [0.15, 0.2) is 0 Å². The summed E-state index contributed by atoms with van der Waals surface area (Å²) in [6.07, 6.45) is 4.54. The molecule has 18 heavy (non-hydrogen) atoms. The van der Waals surface area contributed by atoms with Crippen LogP contribution in [0, 0.1) is 10.1 Å². The molecule has 0 radical (unpaired) electrons. The number of hydrogen-bond donors (Lipinski definition) is 1. The number of nitro groups is 1. The highest BCUT2D eigenvalue weighted by atomic mass is 16.6. The number of alkyl carbamates (subject to hydrolysis) is 1. The molecule has 7 heteroatoms. The zero-order chi connectivity index (χ0) is 13.4. The largest absolute Gasteiger partial charge is 0.465 e. The van der Waals surface area contributed by atoms with E-state index in [9.17, 15) is 14.9 Å². The van der Waals surface area contributed by atoms with Crippen LogP contribution in [-0.4, -0.2) is 30.7 Å². The fraction of sp³-hybridized carbons (Fsp3) is 0.364. The van der Waals surface area contributed by atoms with Crippen molar-refractivity contribution in [3.05, 3.63) is 40.3 Å². The highest BCUT2D eigenvalue weighted by Gasteiger charge is 2.16. The standard InChI is InChI=1S/C11H14N2O5/c1-17-11(14)12-9(8-13(15)16)4-2-5-10-6-3-7-18-10/h2-3,5-7,9H,4,8H2,1H3,(H,12,14)/b5-2+/t9-/m0/s1. The Morgan fingerprint density at radius 3 is 3.06 bits per heavy atom. The first-order valence-corrected chi connectivity index (χ1v) is 5.28. The molecule has 1 N–H and O–H groups in total. The van der Waals surface area contributed by atoms with Crippen LogP contribution in [0.4, 0.5) is 4.79 Å². The Hall–Kier alpha value is -2.31. The second-order valence-corrected chi connectivity index (χ2v) is 3.50. The number of carbonyl (C=O) groups is 1. The predicted octanol–water partition coefficient (Wildman–Crippen LogP) is 1.68. The Morgan fingerprint density at radius 1 is 1.72 bits per heavy atom. The van der Waals surface area contributed by atoms with Crippen LogP contribution < -0.4 is 5.32 Å². The highest BCUT2D eigenvalue weighted by molar-refractivity contribution is 5.67. The van der Waals surface area contributed by atoms with Gasteiger partial charge in [-0.15, -0.1) is 0 Å². The average molecular weight is 254 g/mol. The van der Waals surface area contributed by atoms with Crippen molar-refractivity contribution in [1.82, 2.24) is 5.32 Å². The minimum absolute atomic E-state index is 0.316. The molecule has 0 aromatic carbocycles. The lowest BCUT2D eigenvalue weighted by atomic mass is 10.2. The first-order chi connectivity index (χ1) is 8.61. The Bertz CT molecular complexity index is 413. The minimum atomic E-state index is -0.687. The second kappa shape index (κ2) is 7.10. The summed E-state index contributed by atoms with van der Waals surface area (Å²) in [4.78, 5) is 21.0. The van der Waals surface area contributed by atoms with Gasteiger partial charge in [0.05, 0.1) is 13.4 Å². The maximum absolute atomic E-state index is 11.0. The molecular formula is C11H14N2O5. The molecule has 7 nitrogen and oxygen atoms in total. The van der Waals surface area contributed by atoms with Gasteiger partial charge in [-0.25, -0.2) is 4.79 Å². The second-order valence-electron chi connectivity index (χ2n) is 3.50. The highest BCUT2D eigenvalue weighted by Crippen LogP contribution is 2.04. The zero-order valence-corrected chi connectivity index (χ0v) is 9.87. The summed E-state index contributed by atoms with van der Waals surface area (Å²) >= 11 is 0. The molecule has 0 aliphatic carbocycles. The van der Waals surface area contributed by atoms with E-state index in [2.05, 4.69) is 10.1 Å². The van der Waals surface area contributed by atoms with Crippen LogP contribution >= 0.6 is 0 Å². The maximum atomic E-state index is 11.0. The third kappa shape index (κ3) is 5.15. The predicted molar refractivity (Wildman–Crippen MR) is 63.5 cm³/mol. The molecule has 0 aliphatic heterocycles. The molecule has 0 bridgehead atoms. The molecule has 1 aromatic rings. The average Bonchev–Trinajstić information content (AvgIpc) is 2.81. The van der Waals surface area contributed by atoms with Crippen LogP contribution in [0.25, 0.3) is 6.08 Å². The van der Waals surface area contributed by atoms with Crippen molar-refractivity contribution in [3.63, 3.8) is 0 Å². The number of amides is 1. The van der Waals surface area contributed by atoms with E-state index in [-0.39, 0.29) is 6.54 Å². The van der Waals surface area contributed by atoms with E-state index in [1.165, 1.54) is 13.4 Å². The number of ether oxygens (including phenoxy) is 1. The SMILES string of the molecule is COC(=O)N[C@@H](C/C=C/c1ccco1)C[N+](=O)[O-]. The quantitative estimate of drug-likeness (QED) is 0.615. The molecule has 0 spiro atoms. The number of nitrogens with zero attached hydrogens (tertiary/aromatic N) is 1. The lowest BCUT2D eigenvalue weighted by molar-refractivity contribution is -0.483. The van der Waals surface area contributed by atoms with Gasteiger partial charge in [-0.2, -0.15) is 0 Å². The number of hydrogen-bond acceptors (Lipinski definition) is 5. The Kier molecular flexibility index (Phi) is 5.43. The Morgan fingerprint density at radius 2 is 2.50 bits per heavy atom. The van der Waals surface area contributed by atoms with Crippen molar-refractivity contribution < 1.29 is 18.9 Å². The Labute approximate surface area is 104 Å². The number of nitrogens with one attached hydrogen (secondary N) is 1. The number of rotatable bonds is 6. The van der Waals surface area contributed by atoms with E-state index < -0.39 is 17.1 Å². The molecular weight excluding hydrogens is 240 g/mol. The van der Waals surface area contributed by atoms with Crippen molar-refractivity contribution in [3.8, 4) is 0 Å². The van der Waals surface area contributed by atoms with Crippen LogP contribution in [-0.2, 0) is 4.74 Å². The summed E-state index contributed by atoms with van der Waals surface area (Å²) in [5, 5.41) is 12.8. The minimum Gasteiger partial charge on any atom is -0.465 e. The van der Waals surface area contributed by atoms with Gasteiger partial charge < -0.3 is 14.5 Å². The van der Waals surface area contributed by atoms with Gasteiger partial charge in [0.2, 0.25) is 6.54 Å². The Balaban J connectivity index is 2.49. The molecule has 1 aromatic heterocycles. The van der Waals surface area contributed by atoms with Crippen LogP contribution in [0.1, 0.15) is 12.2 Å². The van der Waals surface area contributed by atoms with E-state index in [1.54, 1.807) is 24.3 Å². The number of carbonyl (C=O) groups excluding carboxylic acids is 1. The molecule has 0 fully saturated rings. The fourth-order valence-electron chi connectivity index (χ4n) is 1.32. The van der Waals surface area contributed by atoms with Crippen LogP contribution in [0.3, 0.4) is 0 Å². The van der Waals surface area contributed by atoms with Crippen molar-refractivity contribution in [2.75, 3.05) is 13.7 Å². The summed E-state index contributed by atoms with van der Waals surface area (Å²) in [7, 11) is 1.21. The van der Waals surface area contributed by atoms with Gasteiger partial charge in [-0.3, -0.25) is 10.1 Å². The summed E-state index contributed by atoms with van der Waals surface area (Å²) < 4.78 is 9.47. The van der Waals surface area contributed by atoms with E-state index >= 15 is 0 Å². The van der Waals surface area contributed by atoms with Gasteiger partial charge in [-0.05, 0) is 24.6 Å². The van der Waals surface area contributed by atoms with Gasteiger partial charge in [0.1, 0.15) is 11.8 Å². The normalized spacial score (nSPS) is 12.3. The van der Waals surface area contributed by atoms with E-state index in [0.717, 1.165) is 0 Å². The third-order valence-electron chi connectivity index (χ3n) is 2.12. The van der Waals surface area contributed by atoms with E-state index in [0.29, 0.717) is 12.2 Å². The first kappa shape index (κ1) is 13.8. The van der Waals surface area contributed by atoms with Crippen LogP contribution in [0.5, 0.6) is 0 Å².